The molecule has 0 bridgehead atoms. The van der Waals surface area contributed by atoms with Gasteiger partial charge < -0.3 is 29.5 Å². The smallest absolute Gasteiger partial charge is 0.229 e. The summed E-state index contributed by atoms with van der Waals surface area (Å²) in [5.74, 6) is 0.547. The van der Waals surface area contributed by atoms with Crippen LogP contribution in [0.25, 0.3) is 10.8 Å². The lowest BCUT2D eigenvalue weighted by atomic mass is 9.98. The second-order valence-corrected chi connectivity index (χ2v) is 5.91. The normalized spacial score (nSPS) is 36.8. The Hall–Kier alpha value is -1.70. The van der Waals surface area contributed by atoms with Crippen molar-refractivity contribution >= 4 is 10.8 Å². The number of ether oxygens (including phenoxy) is 3. The van der Waals surface area contributed by atoms with Crippen molar-refractivity contribution in [1.29, 1.82) is 0 Å². The molecular formula is C17H18O6. The van der Waals surface area contributed by atoms with Crippen LogP contribution >= 0.6 is 0 Å². The highest BCUT2D eigenvalue weighted by Crippen LogP contribution is 2.33. The minimum atomic E-state index is -1.26. The summed E-state index contributed by atoms with van der Waals surface area (Å²) >= 11 is 0. The zero-order chi connectivity index (χ0) is 16.0. The number of hydrogen-bond acceptors (Lipinski definition) is 6. The SMILES string of the molecule is OC1COC2C(O)C(O)C(Oc3cccc4ccccc34)OC12. The molecule has 2 heterocycles. The van der Waals surface area contributed by atoms with Crippen LogP contribution in [0.5, 0.6) is 5.75 Å². The van der Waals surface area contributed by atoms with Gasteiger partial charge >= 0.3 is 0 Å². The molecule has 2 aromatic rings. The van der Waals surface area contributed by atoms with E-state index in [9.17, 15) is 15.3 Å². The first kappa shape index (κ1) is 14.9. The molecule has 2 fully saturated rings. The molecule has 0 aromatic heterocycles. The highest BCUT2D eigenvalue weighted by Gasteiger charge is 2.52. The van der Waals surface area contributed by atoms with Crippen molar-refractivity contribution in [2.45, 2.75) is 36.8 Å². The zero-order valence-corrected chi connectivity index (χ0v) is 12.3. The average molecular weight is 318 g/mol. The summed E-state index contributed by atoms with van der Waals surface area (Å²) in [7, 11) is 0. The first-order chi connectivity index (χ1) is 11.1. The van der Waals surface area contributed by atoms with Gasteiger partial charge in [0.05, 0.1) is 6.61 Å². The monoisotopic (exact) mass is 318 g/mol. The minimum Gasteiger partial charge on any atom is -0.461 e. The van der Waals surface area contributed by atoms with E-state index in [0.717, 1.165) is 10.8 Å². The van der Waals surface area contributed by atoms with E-state index >= 15 is 0 Å². The molecule has 2 aromatic carbocycles. The van der Waals surface area contributed by atoms with E-state index in [1.807, 2.05) is 36.4 Å². The Bertz CT molecular complexity index is 699. The molecular weight excluding hydrogens is 300 g/mol. The molecule has 6 heteroatoms. The topological polar surface area (TPSA) is 88.4 Å². The third-order valence-electron chi connectivity index (χ3n) is 4.41. The maximum Gasteiger partial charge on any atom is 0.229 e. The number of aliphatic hydroxyl groups excluding tert-OH is 3. The fourth-order valence-electron chi connectivity index (χ4n) is 3.19. The van der Waals surface area contributed by atoms with Crippen LogP contribution in [0.15, 0.2) is 42.5 Å². The Balaban J connectivity index is 1.62. The highest BCUT2D eigenvalue weighted by molar-refractivity contribution is 5.88. The lowest BCUT2D eigenvalue weighted by Gasteiger charge is -2.39. The predicted octanol–water partition coefficient (Wildman–Crippen LogP) is 0.425. The minimum absolute atomic E-state index is 0.0695. The standard InChI is InChI=1S/C17H18O6/c18-11-8-21-16-13(19)14(20)17(23-15(11)16)22-12-7-3-5-9-4-1-2-6-10(9)12/h1-7,11,13-20H,8H2. The highest BCUT2D eigenvalue weighted by atomic mass is 16.7. The molecule has 2 saturated heterocycles. The van der Waals surface area contributed by atoms with Crippen molar-refractivity contribution in [2.24, 2.45) is 0 Å². The van der Waals surface area contributed by atoms with Crippen LogP contribution < -0.4 is 4.74 Å². The summed E-state index contributed by atoms with van der Waals surface area (Å²) in [5.41, 5.74) is 0. The molecule has 0 aliphatic carbocycles. The zero-order valence-electron chi connectivity index (χ0n) is 12.3. The summed E-state index contributed by atoms with van der Waals surface area (Å²) in [6.45, 7) is 0.0695. The molecule has 0 amide bonds. The summed E-state index contributed by atoms with van der Waals surface area (Å²) < 4.78 is 16.7. The van der Waals surface area contributed by atoms with Crippen LogP contribution in [0.2, 0.25) is 0 Å². The van der Waals surface area contributed by atoms with Crippen LogP contribution in [-0.4, -0.2) is 58.7 Å². The second kappa shape index (κ2) is 5.74. The largest absolute Gasteiger partial charge is 0.461 e. The van der Waals surface area contributed by atoms with Gasteiger partial charge in [0.25, 0.3) is 0 Å². The second-order valence-electron chi connectivity index (χ2n) is 5.91. The quantitative estimate of drug-likeness (QED) is 0.744. The van der Waals surface area contributed by atoms with Gasteiger partial charge in [-0.25, -0.2) is 0 Å². The maximum atomic E-state index is 10.2. The van der Waals surface area contributed by atoms with E-state index in [1.165, 1.54) is 0 Å². The van der Waals surface area contributed by atoms with Gasteiger partial charge in [0.2, 0.25) is 6.29 Å². The summed E-state index contributed by atoms with van der Waals surface area (Å²) in [6, 6.07) is 13.3. The van der Waals surface area contributed by atoms with Crippen LogP contribution in [0.4, 0.5) is 0 Å². The summed E-state index contributed by atoms with van der Waals surface area (Å²) in [6.07, 6.45) is -5.82. The fraction of sp³-hybridized carbons (Fsp3) is 0.412. The maximum absolute atomic E-state index is 10.2. The van der Waals surface area contributed by atoms with Crippen molar-refractivity contribution in [1.82, 2.24) is 0 Å². The van der Waals surface area contributed by atoms with Crippen molar-refractivity contribution in [3.8, 4) is 5.75 Å². The Labute approximate surface area is 132 Å². The molecule has 6 unspecified atom stereocenters. The van der Waals surface area contributed by atoms with Crippen LogP contribution in [-0.2, 0) is 9.47 Å². The molecule has 2 aliphatic heterocycles. The lowest BCUT2D eigenvalue weighted by molar-refractivity contribution is -0.267. The van der Waals surface area contributed by atoms with Gasteiger partial charge in [0, 0.05) is 5.39 Å². The number of rotatable bonds is 2. The van der Waals surface area contributed by atoms with Gasteiger partial charge in [0.15, 0.2) is 0 Å². The van der Waals surface area contributed by atoms with Crippen LogP contribution in [0, 0.1) is 0 Å². The number of fused-ring (bicyclic) bond motifs is 2. The van der Waals surface area contributed by atoms with Gasteiger partial charge in [-0.1, -0.05) is 36.4 Å². The first-order valence-electron chi connectivity index (χ1n) is 7.61. The Morgan fingerprint density at radius 1 is 0.913 bits per heavy atom. The van der Waals surface area contributed by atoms with E-state index in [1.54, 1.807) is 6.07 Å². The third kappa shape index (κ3) is 2.49. The average Bonchev–Trinajstić information content (AvgIpc) is 2.94. The molecule has 6 nitrogen and oxygen atoms in total. The van der Waals surface area contributed by atoms with Gasteiger partial charge in [-0.3, -0.25) is 0 Å². The summed E-state index contributed by atoms with van der Waals surface area (Å²) in [5, 5.41) is 32.2. The van der Waals surface area contributed by atoms with Crippen molar-refractivity contribution in [2.75, 3.05) is 6.61 Å². The Morgan fingerprint density at radius 3 is 2.57 bits per heavy atom. The molecule has 4 rings (SSSR count). The van der Waals surface area contributed by atoms with Crippen LogP contribution in [0.3, 0.4) is 0 Å². The van der Waals surface area contributed by atoms with Gasteiger partial charge in [0.1, 0.15) is 36.3 Å². The summed E-state index contributed by atoms with van der Waals surface area (Å²) in [4.78, 5) is 0. The molecule has 122 valence electrons. The predicted molar refractivity (Wildman–Crippen MR) is 81.0 cm³/mol. The van der Waals surface area contributed by atoms with Crippen LogP contribution in [0.1, 0.15) is 0 Å². The van der Waals surface area contributed by atoms with Crippen molar-refractivity contribution in [3.63, 3.8) is 0 Å². The Morgan fingerprint density at radius 2 is 1.70 bits per heavy atom. The molecule has 6 atom stereocenters. The van der Waals surface area contributed by atoms with Gasteiger partial charge in [-0.2, -0.15) is 0 Å². The van der Waals surface area contributed by atoms with E-state index in [0.29, 0.717) is 5.75 Å². The molecule has 23 heavy (non-hydrogen) atoms. The number of hydrogen-bond donors (Lipinski definition) is 3. The van der Waals surface area contributed by atoms with Crippen molar-refractivity contribution in [3.05, 3.63) is 42.5 Å². The van der Waals surface area contributed by atoms with Crippen molar-refractivity contribution < 1.29 is 29.5 Å². The van der Waals surface area contributed by atoms with Gasteiger partial charge in [-0.15, -0.1) is 0 Å². The lowest BCUT2D eigenvalue weighted by Crippen LogP contribution is -2.59. The number of aliphatic hydroxyl groups is 3. The van der Waals surface area contributed by atoms with E-state index in [-0.39, 0.29) is 6.61 Å². The molecule has 0 radical (unpaired) electrons. The van der Waals surface area contributed by atoms with E-state index < -0.39 is 36.8 Å². The first-order valence-corrected chi connectivity index (χ1v) is 7.61. The number of benzene rings is 2. The molecule has 0 spiro atoms. The molecule has 0 saturated carbocycles. The third-order valence-corrected chi connectivity index (χ3v) is 4.41. The molecule has 2 aliphatic rings. The van der Waals surface area contributed by atoms with E-state index in [4.69, 9.17) is 14.2 Å². The fourth-order valence-corrected chi connectivity index (χ4v) is 3.19. The van der Waals surface area contributed by atoms with E-state index in [2.05, 4.69) is 0 Å². The Kier molecular flexibility index (Phi) is 3.71. The molecule has 3 N–H and O–H groups in total. The van der Waals surface area contributed by atoms with Gasteiger partial charge in [-0.05, 0) is 11.5 Å².